The van der Waals surface area contributed by atoms with Gasteiger partial charge >= 0.3 is 6.09 Å². The monoisotopic (exact) mass is 444 g/mol. The summed E-state index contributed by atoms with van der Waals surface area (Å²) in [5.41, 5.74) is 1.90. The van der Waals surface area contributed by atoms with Crippen LogP contribution in [-0.4, -0.2) is 37.3 Å². The molecule has 0 bridgehead atoms. The average Bonchev–Trinajstić information content (AvgIpc) is 3.30. The van der Waals surface area contributed by atoms with E-state index in [1.54, 1.807) is 12.4 Å². The topological polar surface area (TPSA) is 114 Å². The molecule has 9 nitrogen and oxygen atoms in total. The van der Waals surface area contributed by atoms with Gasteiger partial charge in [-0.2, -0.15) is 0 Å². The fourth-order valence-electron chi connectivity index (χ4n) is 4.12. The van der Waals surface area contributed by atoms with Crippen molar-refractivity contribution >= 4 is 28.4 Å². The maximum atomic E-state index is 11.0. The molecule has 1 aliphatic heterocycles. The van der Waals surface area contributed by atoms with Crippen molar-refractivity contribution in [1.82, 2.24) is 19.5 Å². The highest BCUT2D eigenvalue weighted by molar-refractivity contribution is 6.03. The van der Waals surface area contributed by atoms with E-state index in [0.717, 1.165) is 47.2 Å². The molecule has 1 aromatic carbocycles. The van der Waals surface area contributed by atoms with Crippen molar-refractivity contribution in [3.63, 3.8) is 0 Å². The number of ether oxygens (including phenoxy) is 1. The van der Waals surface area contributed by atoms with Crippen LogP contribution in [0.15, 0.2) is 61.2 Å². The summed E-state index contributed by atoms with van der Waals surface area (Å²) < 4.78 is 8.13. The van der Waals surface area contributed by atoms with E-state index in [9.17, 15) is 4.79 Å². The summed E-state index contributed by atoms with van der Waals surface area (Å²) in [6.07, 6.45) is 8.15. The lowest BCUT2D eigenvalue weighted by Gasteiger charge is -2.23. The van der Waals surface area contributed by atoms with Crippen molar-refractivity contribution in [2.75, 3.05) is 17.2 Å². The van der Waals surface area contributed by atoms with Gasteiger partial charge in [-0.05, 0) is 24.1 Å². The van der Waals surface area contributed by atoms with E-state index < -0.39 is 6.09 Å². The van der Waals surface area contributed by atoms with Gasteiger partial charge in [-0.3, -0.25) is 5.32 Å². The smallest absolute Gasteiger partial charge is 0.410 e. The van der Waals surface area contributed by atoms with Crippen molar-refractivity contribution < 1.29 is 14.6 Å². The Hall–Kier alpha value is -4.14. The van der Waals surface area contributed by atoms with E-state index >= 15 is 0 Å². The molecule has 5 rings (SSSR count). The first-order valence-corrected chi connectivity index (χ1v) is 10.8. The fourth-order valence-corrected chi connectivity index (χ4v) is 4.12. The molecule has 3 N–H and O–H groups in total. The van der Waals surface area contributed by atoms with Gasteiger partial charge in [0.1, 0.15) is 11.6 Å². The number of anilines is 2. The molecule has 1 amide bonds. The number of benzene rings is 1. The third-order valence-electron chi connectivity index (χ3n) is 5.83. The Morgan fingerprint density at radius 1 is 1.12 bits per heavy atom. The van der Waals surface area contributed by atoms with Crippen LogP contribution in [0.3, 0.4) is 0 Å². The van der Waals surface area contributed by atoms with Crippen LogP contribution in [0.25, 0.3) is 10.8 Å². The molecule has 1 aliphatic rings. The number of rotatable bonds is 7. The zero-order chi connectivity index (χ0) is 22.6. The summed E-state index contributed by atoms with van der Waals surface area (Å²) >= 11 is 0. The second-order valence-corrected chi connectivity index (χ2v) is 8.06. The molecule has 0 aliphatic carbocycles. The normalized spacial score (nSPS) is 15.1. The Morgan fingerprint density at radius 3 is 2.91 bits per heavy atom. The Kier molecular flexibility index (Phi) is 5.75. The molecular weight excluding hydrogens is 420 g/mol. The minimum absolute atomic E-state index is 0.314. The van der Waals surface area contributed by atoms with Crippen LogP contribution in [0, 0.1) is 5.92 Å². The van der Waals surface area contributed by atoms with Crippen LogP contribution in [0.4, 0.5) is 16.3 Å². The number of carbonyl (C=O) groups is 1. The number of fused-ring (bicyclic) bond motifs is 2. The molecule has 0 fully saturated rings. The van der Waals surface area contributed by atoms with Crippen LogP contribution in [0.2, 0.25) is 0 Å². The fraction of sp³-hybridized carbons (Fsp3) is 0.250. The summed E-state index contributed by atoms with van der Waals surface area (Å²) in [5.74, 6) is 2.51. The Morgan fingerprint density at radius 2 is 2.06 bits per heavy atom. The zero-order valence-corrected chi connectivity index (χ0v) is 17.9. The van der Waals surface area contributed by atoms with Gasteiger partial charge < -0.3 is 19.7 Å². The van der Waals surface area contributed by atoms with E-state index in [4.69, 9.17) is 9.84 Å². The van der Waals surface area contributed by atoms with Crippen LogP contribution in [-0.2, 0) is 19.5 Å². The molecule has 1 atom stereocenters. The molecule has 9 heteroatoms. The van der Waals surface area contributed by atoms with E-state index in [-0.39, 0.29) is 0 Å². The highest BCUT2D eigenvalue weighted by atomic mass is 16.5. The van der Waals surface area contributed by atoms with E-state index in [1.807, 2.05) is 48.8 Å². The van der Waals surface area contributed by atoms with Gasteiger partial charge in [0.2, 0.25) is 5.88 Å². The molecule has 33 heavy (non-hydrogen) atoms. The summed E-state index contributed by atoms with van der Waals surface area (Å²) in [5, 5.41) is 16.4. The minimum atomic E-state index is -1.14. The van der Waals surface area contributed by atoms with Crippen molar-refractivity contribution in [3.8, 4) is 5.88 Å². The largest absolute Gasteiger partial charge is 0.477 e. The summed E-state index contributed by atoms with van der Waals surface area (Å²) in [6.45, 7) is 2.19. The number of hydrogen-bond acceptors (Lipinski definition) is 6. The predicted octanol–water partition coefficient (Wildman–Crippen LogP) is 4.17. The van der Waals surface area contributed by atoms with Crippen molar-refractivity contribution in [3.05, 3.63) is 72.6 Å². The number of nitrogens with one attached hydrogen (secondary N) is 2. The van der Waals surface area contributed by atoms with Crippen LogP contribution >= 0.6 is 0 Å². The van der Waals surface area contributed by atoms with Gasteiger partial charge in [0.15, 0.2) is 0 Å². The van der Waals surface area contributed by atoms with Gasteiger partial charge in [0.25, 0.3) is 0 Å². The zero-order valence-electron chi connectivity index (χ0n) is 17.9. The predicted molar refractivity (Wildman–Crippen MR) is 124 cm³/mol. The quantitative estimate of drug-likeness (QED) is 0.392. The van der Waals surface area contributed by atoms with Crippen molar-refractivity contribution in [1.29, 1.82) is 0 Å². The summed E-state index contributed by atoms with van der Waals surface area (Å²) in [7, 11) is 0. The molecule has 0 saturated heterocycles. The van der Waals surface area contributed by atoms with Gasteiger partial charge in [-0.15, -0.1) is 0 Å². The highest BCUT2D eigenvalue weighted by Crippen LogP contribution is 2.28. The van der Waals surface area contributed by atoms with Gasteiger partial charge in [0, 0.05) is 72.7 Å². The summed E-state index contributed by atoms with van der Waals surface area (Å²) in [6, 6.07) is 11.4. The van der Waals surface area contributed by atoms with Gasteiger partial charge in [0.05, 0.1) is 6.61 Å². The Bertz CT molecular complexity index is 1270. The number of pyridine rings is 2. The maximum absolute atomic E-state index is 11.0. The first-order chi connectivity index (χ1) is 16.2. The van der Waals surface area contributed by atoms with Gasteiger partial charge in [-0.1, -0.05) is 18.2 Å². The second kappa shape index (κ2) is 9.15. The molecule has 0 radical (unpaired) electrons. The number of carboxylic acid groups (broad SMARTS) is 1. The number of imidazole rings is 1. The Balaban J connectivity index is 1.19. The lowest BCUT2D eigenvalue weighted by Crippen LogP contribution is -2.24. The Labute approximate surface area is 190 Å². The molecule has 0 saturated carbocycles. The highest BCUT2D eigenvalue weighted by Gasteiger charge is 2.19. The number of aryl methyl sites for hydroxylation is 1. The first-order valence-electron chi connectivity index (χ1n) is 10.8. The lowest BCUT2D eigenvalue weighted by atomic mass is 9.99. The van der Waals surface area contributed by atoms with Gasteiger partial charge in [-0.25, -0.2) is 19.7 Å². The molecule has 4 aromatic rings. The molecular formula is C24H24N6O3. The lowest BCUT2D eigenvalue weighted by molar-refractivity contribution is 0.209. The molecule has 0 spiro atoms. The van der Waals surface area contributed by atoms with Crippen molar-refractivity contribution in [2.45, 2.75) is 25.9 Å². The maximum Gasteiger partial charge on any atom is 0.410 e. The number of hydrogen-bond donors (Lipinski definition) is 3. The second-order valence-electron chi connectivity index (χ2n) is 8.06. The molecule has 0 unspecified atom stereocenters. The number of aromatic nitrogens is 4. The van der Waals surface area contributed by atoms with E-state index in [0.29, 0.717) is 30.8 Å². The number of nitrogens with zero attached hydrogens (tertiary/aromatic N) is 4. The van der Waals surface area contributed by atoms with Crippen LogP contribution in [0.1, 0.15) is 17.8 Å². The van der Waals surface area contributed by atoms with Crippen molar-refractivity contribution in [2.24, 2.45) is 5.92 Å². The third kappa shape index (κ3) is 4.72. The summed E-state index contributed by atoms with van der Waals surface area (Å²) in [4.78, 5) is 24.0. The SMILES string of the molecule is O=C(O)Nc1nccc2c(NCc3ccc(OC[C@@H]4CCn5ccnc5C4)nc3)cccc12. The molecule has 3 aromatic heterocycles. The number of amides is 1. The van der Waals surface area contributed by atoms with E-state index in [2.05, 4.69) is 30.2 Å². The molecule has 168 valence electrons. The minimum Gasteiger partial charge on any atom is -0.477 e. The third-order valence-corrected chi connectivity index (χ3v) is 5.83. The van der Waals surface area contributed by atoms with E-state index in [1.165, 1.54) is 0 Å². The van der Waals surface area contributed by atoms with Crippen LogP contribution in [0.5, 0.6) is 5.88 Å². The van der Waals surface area contributed by atoms with Crippen LogP contribution < -0.4 is 15.4 Å². The molecule has 4 heterocycles. The standard InChI is InChI=1S/C24H24N6O3/c31-24(32)29-23-19-2-1-3-20(18(19)6-8-26-23)27-13-17-4-5-22(28-14-17)33-15-16-7-10-30-11-9-25-21(30)12-16/h1-6,8-9,11,14,16,27H,7,10,12-13,15H2,(H,26,29)(H,31,32)/t16-/m1/s1. The first kappa shape index (κ1) is 20.7. The average molecular weight is 444 g/mol.